The molecule has 1 aromatic carbocycles. The molecule has 0 bridgehead atoms. The summed E-state index contributed by atoms with van der Waals surface area (Å²) < 4.78 is 15.5. The Morgan fingerprint density at radius 3 is 2.77 bits per heavy atom. The van der Waals surface area contributed by atoms with Crippen LogP contribution in [0.1, 0.15) is 24.1 Å². The maximum atomic E-state index is 13.7. The fourth-order valence-corrected chi connectivity index (χ4v) is 3.31. The molecular formula is C22H23FN6O2. The van der Waals surface area contributed by atoms with Gasteiger partial charge in [0.25, 0.3) is 0 Å². The van der Waals surface area contributed by atoms with Gasteiger partial charge < -0.3 is 20.1 Å². The number of hydrogen-bond donors (Lipinski definition) is 3. The van der Waals surface area contributed by atoms with Crippen LogP contribution in [0.2, 0.25) is 0 Å². The van der Waals surface area contributed by atoms with Crippen molar-refractivity contribution in [2.24, 2.45) is 0 Å². The number of benzene rings is 1. The molecule has 4 aromatic rings. The first-order valence-corrected chi connectivity index (χ1v) is 9.95. The predicted octanol–water partition coefficient (Wildman–Crippen LogP) is 3.25. The monoisotopic (exact) mass is 422 g/mol. The first-order valence-electron chi connectivity index (χ1n) is 9.95. The summed E-state index contributed by atoms with van der Waals surface area (Å²) in [5, 5.41) is 22.6. The Kier molecular flexibility index (Phi) is 5.77. The number of aromatic nitrogens is 5. The number of anilines is 1. The number of aryl methyl sites for hydroxylation is 1. The molecule has 0 aliphatic heterocycles. The highest BCUT2D eigenvalue weighted by Gasteiger charge is 2.17. The van der Waals surface area contributed by atoms with E-state index in [1.54, 1.807) is 17.0 Å². The molecule has 0 amide bonds. The molecule has 0 saturated heterocycles. The third-order valence-corrected chi connectivity index (χ3v) is 5.09. The molecule has 0 aliphatic carbocycles. The molecule has 8 nitrogen and oxygen atoms in total. The normalized spacial score (nSPS) is 12.3. The molecule has 4 rings (SSSR count). The van der Waals surface area contributed by atoms with Crippen LogP contribution in [-0.2, 0) is 6.42 Å². The Bertz CT molecular complexity index is 1230. The van der Waals surface area contributed by atoms with E-state index >= 15 is 0 Å². The average Bonchev–Trinajstić information content (AvgIpc) is 3.20. The largest absolute Gasteiger partial charge is 0.508 e. The Balaban J connectivity index is 1.68. The first kappa shape index (κ1) is 20.7. The van der Waals surface area contributed by atoms with Crippen LogP contribution < -0.4 is 5.32 Å². The van der Waals surface area contributed by atoms with E-state index in [-0.39, 0.29) is 18.4 Å². The van der Waals surface area contributed by atoms with Gasteiger partial charge in [0.2, 0.25) is 0 Å². The summed E-state index contributed by atoms with van der Waals surface area (Å²) in [4.78, 5) is 17.5. The lowest BCUT2D eigenvalue weighted by molar-refractivity contribution is 0.241. The number of aliphatic hydroxyl groups is 1. The number of nitrogens with one attached hydrogen (secondary N) is 1. The van der Waals surface area contributed by atoms with Gasteiger partial charge in [-0.15, -0.1) is 0 Å². The van der Waals surface area contributed by atoms with Gasteiger partial charge >= 0.3 is 0 Å². The zero-order valence-corrected chi connectivity index (χ0v) is 17.2. The molecule has 9 heteroatoms. The van der Waals surface area contributed by atoms with Crippen molar-refractivity contribution in [1.82, 2.24) is 24.5 Å². The zero-order chi connectivity index (χ0) is 22.0. The van der Waals surface area contributed by atoms with Crippen LogP contribution in [0, 0.1) is 12.7 Å². The number of pyridine rings is 1. The SMILES string of the molecule is Cc1cc(CCNc2nc(-c3cncc(F)c3)nc3c2ncn3C(C)CO)ccc1O. The second-order valence-electron chi connectivity index (χ2n) is 7.44. The average molecular weight is 422 g/mol. The molecule has 3 aromatic heterocycles. The van der Waals surface area contributed by atoms with Gasteiger partial charge in [0, 0.05) is 18.3 Å². The highest BCUT2D eigenvalue weighted by atomic mass is 19.1. The molecule has 0 saturated carbocycles. The number of halogens is 1. The third-order valence-electron chi connectivity index (χ3n) is 5.09. The molecule has 0 radical (unpaired) electrons. The number of phenolic OH excluding ortho intramolecular Hbond substituents is 1. The topological polar surface area (TPSA) is 109 Å². The number of rotatable bonds is 7. The molecule has 3 heterocycles. The molecule has 160 valence electrons. The van der Waals surface area contributed by atoms with E-state index in [2.05, 4.69) is 25.3 Å². The number of aromatic hydroxyl groups is 1. The third kappa shape index (κ3) is 4.31. The van der Waals surface area contributed by atoms with Crippen LogP contribution in [-0.4, -0.2) is 47.9 Å². The fourth-order valence-electron chi connectivity index (χ4n) is 3.31. The number of imidazole rings is 1. The van der Waals surface area contributed by atoms with Gasteiger partial charge in [0.1, 0.15) is 17.1 Å². The van der Waals surface area contributed by atoms with E-state index in [1.165, 1.54) is 12.3 Å². The summed E-state index contributed by atoms with van der Waals surface area (Å²) >= 11 is 0. The predicted molar refractivity (Wildman–Crippen MR) is 115 cm³/mol. The highest BCUT2D eigenvalue weighted by Crippen LogP contribution is 2.26. The lowest BCUT2D eigenvalue weighted by atomic mass is 10.1. The van der Waals surface area contributed by atoms with Crippen LogP contribution in [0.4, 0.5) is 10.2 Å². The van der Waals surface area contributed by atoms with Crippen LogP contribution in [0.5, 0.6) is 5.75 Å². The summed E-state index contributed by atoms with van der Waals surface area (Å²) in [6, 6.07) is 6.59. The number of hydrogen-bond acceptors (Lipinski definition) is 7. The highest BCUT2D eigenvalue weighted by molar-refractivity contribution is 5.85. The first-order chi connectivity index (χ1) is 15.0. The van der Waals surface area contributed by atoms with Gasteiger partial charge in [0.05, 0.1) is 25.2 Å². The van der Waals surface area contributed by atoms with E-state index in [9.17, 15) is 14.6 Å². The van der Waals surface area contributed by atoms with Gasteiger partial charge in [-0.2, -0.15) is 0 Å². The van der Waals surface area contributed by atoms with Crippen molar-refractivity contribution >= 4 is 17.0 Å². The van der Waals surface area contributed by atoms with Crippen molar-refractivity contribution in [2.75, 3.05) is 18.5 Å². The van der Waals surface area contributed by atoms with Gasteiger partial charge in [-0.05, 0) is 43.5 Å². The van der Waals surface area contributed by atoms with E-state index in [1.807, 2.05) is 26.0 Å². The lowest BCUT2D eigenvalue weighted by Crippen LogP contribution is -2.11. The second kappa shape index (κ2) is 8.65. The maximum Gasteiger partial charge on any atom is 0.166 e. The summed E-state index contributed by atoms with van der Waals surface area (Å²) in [6.07, 6.45) is 4.95. The molecule has 0 spiro atoms. The lowest BCUT2D eigenvalue weighted by Gasteiger charge is -2.13. The standard InChI is InChI=1S/C22H23FN6O2/c1-13-7-15(3-4-18(13)31)5-6-25-21-19-22(29(12-26-19)14(2)11-30)28-20(27-21)16-8-17(23)10-24-9-16/h3-4,7-10,12,14,30-31H,5-6,11H2,1-2H3,(H,25,27,28). The van der Waals surface area contributed by atoms with Crippen molar-refractivity contribution < 1.29 is 14.6 Å². The van der Waals surface area contributed by atoms with Crippen LogP contribution in [0.15, 0.2) is 43.0 Å². The van der Waals surface area contributed by atoms with E-state index < -0.39 is 5.82 Å². The van der Waals surface area contributed by atoms with Gasteiger partial charge in [0.15, 0.2) is 17.3 Å². The number of aliphatic hydroxyl groups excluding tert-OH is 1. The Morgan fingerprint density at radius 1 is 1.19 bits per heavy atom. The fraction of sp³-hybridized carbons (Fsp3) is 0.273. The van der Waals surface area contributed by atoms with E-state index in [0.29, 0.717) is 41.3 Å². The quantitative estimate of drug-likeness (QED) is 0.419. The smallest absolute Gasteiger partial charge is 0.166 e. The van der Waals surface area contributed by atoms with Crippen LogP contribution >= 0.6 is 0 Å². The van der Waals surface area contributed by atoms with E-state index in [0.717, 1.165) is 17.3 Å². The molecule has 0 fully saturated rings. The minimum absolute atomic E-state index is 0.0741. The van der Waals surface area contributed by atoms with Crippen molar-refractivity contribution in [2.45, 2.75) is 26.3 Å². The molecule has 0 aliphatic rings. The molecule has 1 unspecified atom stereocenters. The summed E-state index contributed by atoms with van der Waals surface area (Å²) in [5.41, 5.74) is 3.44. The van der Waals surface area contributed by atoms with Gasteiger partial charge in [-0.3, -0.25) is 4.98 Å². The molecule has 3 N–H and O–H groups in total. The number of phenols is 1. The maximum absolute atomic E-state index is 13.7. The van der Waals surface area contributed by atoms with Crippen molar-refractivity contribution in [1.29, 1.82) is 0 Å². The van der Waals surface area contributed by atoms with Crippen molar-refractivity contribution in [3.05, 3.63) is 59.9 Å². The molecule has 31 heavy (non-hydrogen) atoms. The van der Waals surface area contributed by atoms with Crippen LogP contribution in [0.3, 0.4) is 0 Å². The van der Waals surface area contributed by atoms with Gasteiger partial charge in [-0.25, -0.2) is 19.3 Å². The van der Waals surface area contributed by atoms with Crippen molar-refractivity contribution in [3.8, 4) is 17.1 Å². The summed E-state index contributed by atoms with van der Waals surface area (Å²) in [7, 11) is 0. The second-order valence-corrected chi connectivity index (χ2v) is 7.44. The molecule has 1 atom stereocenters. The summed E-state index contributed by atoms with van der Waals surface area (Å²) in [6.45, 7) is 4.20. The summed E-state index contributed by atoms with van der Waals surface area (Å²) in [5.74, 6) is 0.625. The number of fused-ring (bicyclic) bond motifs is 1. The zero-order valence-electron chi connectivity index (χ0n) is 17.2. The Labute approximate surface area is 178 Å². The minimum Gasteiger partial charge on any atom is -0.508 e. The Morgan fingerprint density at radius 2 is 2.03 bits per heavy atom. The van der Waals surface area contributed by atoms with Gasteiger partial charge in [-0.1, -0.05) is 12.1 Å². The van der Waals surface area contributed by atoms with Crippen molar-refractivity contribution in [3.63, 3.8) is 0 Å². The molecular weight excluding hydrogens is 399 g/mol. The number of nitrogens with zero attached hydrogens (tertiary/aromatic N) is 5. The minimum atomic E-state index is -0.476. The van der Waals surface area contributed by atoms with Crippen LogP contribution in [0.25, 0.3) is 22.6 Å². The Hall–Kier alpha value is -3.59. The van der Waals surface area contributed by atoms with E-state index in [4.69, 9.17) is 0 Å².